The Morgan fingerprint density at radius 2 is 2.18 bits per heavy atom. The monoisotopic (exact) mass is 150 g/mol. The molecule has 0 amide bonds. The van der Waals surface area contributed by atoms with Crippen LogP contribution in [0.1, 0.15) is 46.0 Å². The third-order valence-corrected chi connectivity index (χ3v) is 3.66. The summed E-state index contributed by atoms with van der Waals surface area (Å²) < 4.78 is 0. The molecular weight excluding hydrogens is 132 g/mol. The second-order valence-electron chi connectivity index (χ2n) is 4.68. The molecule has 0 bridgehead atoms. The molecule has 2 rings (SSSR count). The van der Waals surface area contributed by atoms with E-state index in [0.717, 1.165) is 11.3 Å². The molecule has 0 aromatic heterocycles. The van der Waals surface area contributed by atoms with Crippen LogP contribution in [0.3, 0.4) is 0 Å². The summed E-state index contributed by atoms with van der Waals surface area (Å²) >= 11 is 0. The van der Waals surface area contributed by atoms with Crippen LogP contribution in [0.4, 0.5) is 0 Å². The van der Waals surface area contributed by atoms with E-state index in [2.05, 4.69) is 19.9 Å². The Morgan fingerprint density at radius 1 is 1.45 bits per heavy atom. The Balaban J connectivity index is 1.98. The van der Waals surface area contributed by atoms with Crippen molar-refractivity contribution in [1.29, 1.82) is 0 Å². The van der Waals surface area contributed by atoms with Gasteiger partial charge >= 0.3 is 0 Å². The lowest BCUT2D eigenvalue weighted by Crippen LogP contribution is -2.14. The van der Waals surface area contributed by atoms with Gasteiger partial charge in [0.05, 0.1) is 0 Å². The predicted molar refractivity (Wildman–Crippen MR) is 48.4 cm³/mol. The Labute approximate surface area is 69.7 Å². The van der Waals surface area contributed by atoms with E-state index < -0.39 is 0 Å². The molecule has 0 heteroatoms. The van der Waals surface area contributed by atoms with Crippen LogP contribution >= 0.6 is 0 Å². The first kappa shape index (κ1) is 7.39. The van der Waals surface area contributed by atoms with E-state index in [9.17, 15) is 0 Å². The molecule has 0 aliphatic heterocycles. The van der Waals surface area contributed by atoms with Crippen LogP contribution < -0.4 is 0 Å². The summed E-state index contributed by atoms with van der Waals surface area (Å²) in [6, 6.07) is 0. The average Bonchev–Trinajstić information content (AvgIpc) is 2.70. The third-order valence-electron chi connectivity index (χ3n) is 3.66. The zero-order valence-electron chi connectivity index (χ0n) is 7.69. The molecule has 2 aliphatic rings. The summed E-state index contributed by atoms with van der Waals surface area (Å²) in [6.07, 6.45) is 9.62. The van der Waals surface area contributed by atoms with Gasteiger partial charge in [-0.2, -0.15) is 0 Å². The van der Waals surface area contributed by atoms with Gasteiger partial charge < -0.3 is 0 Å². The molecule has 1 saturated carbocycles. The zero-order chi connectivity index (χ0) is 7.90. The Kier molecular flexibility index (Phi) is 1.59. The maximum Gasteiger partial charge on any atom is -0.0294 e. The fraction of sp³-hybridized carbons (Fsp3) is 0.818. The molecular formula is C11H18. The lowest BCUT2D eigenvalue weighted by atomic mass is 9.80. The molecule has 0 spiro atoms. The molecule has 0 aromatic rings. The fourth-order valence-electron chi connectivity index (χ4n) is 2.20. The second-order valence-corrected chi connectivity index (χ2v) is 4.68. The molecule has 0 heterocycles. The molecule has 62 valence electrons. The van der Waals surface area contributed by atoms with Crippen molar-refractivity contribution < 1.29 is 0 Å². The smallest absolute Gasteiger partial charge is 0.0294 e. The molecule has 0 radical (unpaired) electrons. The molecule has 1 unspecified atom stereocenters. The maximum atomic E-state index is 2.46. The van der Waals surface area contributed by atoms with Crippen LogP contribution in [0.2, 0.25) is 0 Å². The quantitative estimate of drug-likeness (QED) is 0.502. The van der Waals surface area contributed by atoms with Gasteiger partial charge in [0.25, 0.3) is 0 Å². The van der Waals surface area contributed by atoms with Crippen LogP contribution in [-0.4, -0.2) is 0 Å². The van der Waals surface area contributed by atoms with Crippen molar-refractivity contribution in [3.05, 3.63) is 11.6 Å². The second kappa shape index (κ2) is 2.36. The van der Waals surface area contributed by atoms with Gasteiger partial charge in [-0.1, -0.05) is 18.6 Å². The van der Waals surface area contributed by atoms with Crippen LogP contribution in [0.25, 0.3) is 0 Å². The van der Waals surface area contributed by atoms with Gasteiger partial charge in [-0.25, -0.2) is 0 Å². The van der Waals surface area contributed by atoms with Gasteiger partial charge in [-0.3, -0.25) is 0 Å². The summed E-state index contributed by atoms with van der Waals surface area (Å²) in [5.41, 5.74) is 2.38. The Bertz CT molecular complexity index is 184. The SMILES string of the molecule is CC1=CCC(C2(C)CC2)CC1. The van der Waals surface area contributed by atoms with E-state index >= 15 is 0 Å². The van der Waals surface area contributed by atoms with Crippen LogP contribution in [0.5, 0.6) is 0 Å². The molecule has 1 atom stereocenters. The number of hydrogen-bond donors (Lipinski definition) is 0. The summed E-state index contributed by atoms with van der Waals surface area (Å²) in [5, 5.41) is 0. The molecule has 0 saturated heterocycles. The summed E-state index contributed by atoms with van der Waals surface area (Å²) in [4.78, 5) is 0. The number of allylic oxidation sites excluding steroid dienone is 2. The minimum absolute atomic E-state index is 0.761. The third kappa shape index (κ3) is 1.36. The van der Waals surface area contributed by atoms with Gasteiger partial charge in [-0.05, 0) is 50.4 Å². The molecule has 11 heavy (non-hydrogen) atoms. The van der Waals surface area contributed by atoms with Crippen molar-refractivity contribution in [1.82, 2.24) is 0 Å². The molecule has 1 fully saturated rings. The highest BCUT2D eigenvalue weighted by Crippen LogP contribution is 2.55. The van der Waals surface area contributed by atoms with Crippen molar-refractivity contribution in [3.63, 3.8) is 0 Å². The summed E-state index contributed by atoms with van der Waals surface area (Å²) in [7, 11) is 0. The van der Waals surface area contributed by atoms with Crippen LogP contribution in [-0.2, 0) is 0 Å². The van der Waals surface area contributed by atoms with E-state index in [0.29, 0.717) is 0 Å². The van der Waals surface area contributed by atoms with E-state index in [4.69, 9.17) is 0 Å². The number of rotatable bonds is 1. The van der Waals surface area contributed by atoms with E-state index in [1.165, 1.54) is 32.1 Å². The molecule has 0 N–H and O–H groups in total. The predicted octanol–water partition coefficient (Wildman–Crippen LogP) is 3.53. The van der Waals surface area contributed by atoms with Gasteiger partial charge in [0.15, 0.2) is 0 Å². The topological polar surface area (TPSA) is 0 Å². The minimum Gasteiger partial charge on any atom is -0.0853 e. The molecule has 0 aromatic carbocycles. The van der Waals surface area contributed by atoms with Crippen molar-refractivity contribution in [2.24, 2.45) is 11.3 Å². The minimum atomic E-state index is 0.761. The molecule has 0 nitrogen and oxygen atoms in total. The van der Waals surface area contributed by atoms with Crippen molar-refractivity contribution in [3.8, 4) is 0 Å². The van der Waals surface area contributed by atoms with Gasteiger partial charge in [-0.15, -0.1) is 0 Å². The largest absolute Gasteiger partial charge is 0.0853 e. The normalized spacial score (nSPS) is 34.7. The lowest BCUT2D eigenvalue weighted by molar-refractivity contribution is 0.306. The Hall–Kier alpha value is -0.260. The van der Waals surface area contributed by atoms with Gasteiger partial charge in [0.1, 0.15) is 0 Å². The average molecular weight is 150 g/mol. The van der Waals surface area contributed by atoms with Gasteiger partial charge in [0.2, 0.25) is 0 Å². The van der Waals surface area contributed by atoms with Crippen LogP contribution in [0, 0.1) is 11.3 Å². The highest BCUT2D eigenvalue weighted by Gasteiger charge is 2.44. The van der Waals surface area contributed by atoms with E-state index in [1.54, 1.807) is 5.57 Å². The van der Waals surface area contributed by atoms with Crippen molar-refractivity contribution >= 4 is 0 Å². The summed E-state index contributed by atoms with van der Waals surface area (Å²) in [5.74, 6) is 1.02. The van der Waals surface area contributed by atoms with E-state index in [1.807, 2.05) is 0 Å². The summed E-state index contributed by atoms with van der Waals surface area (Å²) in [6.45, 7) is 4.73. The zero-order valence-corrected chi connectivity index (χ0v) is 7.69. The van der Waals surface area contributed by atoms with E-state index in [-0.39, 0.29) is 0 Å². The number of hydrogen-bond acceptors (Lipinski definition) is 0. The lowest BCUT2D eigenvalue weighted by Gasteiger charge is -2.26. The first-order valence-corrected chi connectivity index (χ1v) is 4.86. The molecule has 2 aliphatic carbocycles. The maximum absolute atomic E-state index is 2.46. The fourth-order valence-corrected chi connectivity index (χ4v) is 2.20. The van der Waals surface area contributed by atoms with Crippen molar-refractivity contribution in [2.75, 3.05) is 0 Å². The highest BCUT2D eigenvalue weighted by molar-refractivity contribution is 5.08. The van der Waals surface area contributed by atoms with Crippen molar-refractivity contribution in [2.45, 2.75) is 46.0 Å². The Morgan fingerprint density at radius 3 is 2.64 bits per heavy atom. The van der Waals surface area contributed by atoms with Gasteiger partial charge in [0, 0.05) is 0 Å². The van der Waals surface area contributed by atoms with Crippen LogP contribution in [0.15, 0.2) is 11.6 Å². The highest BCUT2D eigenvalue weighted by atomic mass is 14.5. The first-order chi connectivity index (χ1) is 5.21. The first-order valence-electron chi connectivity index (χ1n) is 4.86. The standard InChI is InChI=1S/C11H18/c1-9-3-5-10(6-4-9)11(2)7-8-11/h3,10H,4-8H2,1-2H3.